The Morgan fingerprint density at radius 3 is 2.27 bits per heavy atom. The van der Waals surface area contributed by atoms with E-state index in [0.29, 0.717) is 27.7 Å². The van der Waals surface area contributed by atoms with Crippen LogP contribution in [-0.2, 0) is 4.74 Å². The number of hydrogen-bond donors (Lipinski definition) is 0. The van der Waals surface area contributed by atoms with Gasteiger partial charge in [-0.25, -0.2) is 9.78 Å². The molecule has 0 spiro atoms. The zero-order chi connectivity index (χ0) is 21.1. The summed E-state index contributed by atoms with van der Waals surface area (Å²) >= 11 is 0. The van der Waals surface area contributed by atoms with E-state index in [0.717, 1.165) is 11.1 Å². The molecule has 0 fully saturated rings. The molecular weight excluding hydrogens is 374 g/mol. The Hall–Kier alpha value is -3.79. The highest BCUT2D eigenvalue weighted by Gasteiger charge is 2.22. The minimum Gasteiger partial charge on any atom is -0.451 e. The Morgan fingerprint density at radius 1 is 0.867 bits per heavy atom. The molecule has 0 saturated heterocycles. The van der Waals surface area contributed by atoms with Crippen molar-refractivity contribution in [2.24, 2.45) is 0 Å². The first kappa shape index (κ1) is 19.5. The first-order valence-electron chi connectivity index (χ1n) is 9.80. The van der Waals surface area contributed by atoms with Gasteiger partial charge in [-0.1, -0.05) is 78.4 Å². The first-order chi connectivity index (χ1) is 14.5. The van der Waals surface area contributed by atoms with Crippen molar-refractivity contribution in [3.63, 3.8) is 0 Å². The number of esters is 1. The van der Waals surface area contributed by atoms with Gasteiger partial charge in [-0.05, 0) is 26.0 Å². The van der Waals surface area contributed by atoms with Gasteiger partial charge < -0.3 is 4.74 Å². The summed E-state index contributed by atoms with van der Waals surface area (Å²) in [7, 11) is 0. The predicted molar refractivity (Wildman–Crippen MR) is 118 cm³/mol. The van der Waals surface area contributed by atoms with Crippen molar-refractivity contribution in [3.8, 4) is 11.3 Å². The second kappa shape index (κ2) is 8.29. The monoisotopic (exact) mass is 395 g/mol. The summed E-state index contributed by atoms with van der Waals surface area (Å²) in [5.74, 6) is -0.774. The van der Waals surface area contributed by atoms with E-state index >= 15 is 0 Å². The Labute approximate surface area is 175 Å². The van der Waals surface area contributed by atoms with Gasteiger partial charge in [-0.15, -0.1) is 0 Å². The average molecular weight is 395 g/mol. The third-order valence-electron chi connectivity index (χ3n) is 4.99. The van der Waals surface area contributed by atoms with Gasteiger partial charge in [0.2, 0.25) is 5.78 Å². The van der Waals surface area contributed by atoms with Crippen LogP contribution in [0.2, 0.25) is 0 Å². The van der Waals surface area contributed by atoms with Gasteiger partial charge in [-0.3, -0.25) is 4.79 Å². The van der Waals surface area contributed by atoms with Crippen LogP contribution in [-0.4, -0.2) is 22.8 Å². The molecule has 0 radical (unpaired) electrons. The summed E-state index contributed by atoms with van der Waals surface area (Å²) in [6, 6.07) is 26.0. The van der Waals surface area contributed by atoms with Crippen LogP contribution >= 0.6 is 0 Å². The van der Waals surface area contributed by atoms with Crippen molar-refractivity contribution < 1.29 is 14.3 Å². The standard InChI is InChI=1S/C26H21NO3/c1-17-12-14-20(15-13-17)25(28)18(2)30-26(29)22-16-24(19-8-4-3-5-9-19)27-23-11-7-6-10-21(22)23/h3-16,18H,1-2H3/t18-/m0/s1. The van der Waals surface area contributed by atoms with Gasteiger partial charge in [0.1, 0.15) is 0 Å². The maximum absolute atomic E-state index is 13.0. The number of hydrogen-bond acceptors (Lipinski definition) is 4. The molecule has 30 heavy (non-hydrogen) atoms. The molecule has 0 aliphatic carbocycles. The number of ketones is 1. The molecular formula is C26H21NO3. The molecule has 4 aromatic rings. The third kappa shape index (κ3) is 3.98. The van der Waals surface area contributed by atoms with E-state index in [1.165, 1.54) is 0 Å². The van der Waals surface area contributed by atoms with Crippen LogP contribution in [0.3, 0.4) is 0 Å². The Balaban J connectivity index is 1.67. The van der Waals surface area contributed by atoms with Gasteiger partial charge in [-0.2, -0.15) is 0 Å². The van der Waals surface area contributed by atoms with Crippen LogP contribution in [0.5, 0.6) is 0 Å². The van der Waals surface area contributed by atoms with Gasteiger partial charge in [0.15, 0.2) is 6.10 Å². The number of pyridine rings is 1. The lowest BCUT2D eigenvalue weighted by Gasteiger charge is -2.14. The number of carbonyl (C=O) groups excluding carboxylic acids is 2. The highest BCUT2D eigenvalue weighted by Crippen LogP contribution is 2.26. The largest absolute Gasteiger partial charge is 0.451 e. The normalized spacial score (nSPS) is 11.8. The number of para-hydroxylation sites is 1. The summed E-state index contributed by atoms with van der Waals surface area (Å²) in [6.45, 7) is 3.55. The number of Topliss-reactive ketones (excluding diaryl/α,β-unsaturated/α-hetero) is 1. The smallest absolute Gasteiger partial charge is 0.339 e. The third-order valence-corrected chi connectivity index (χ3v) is 4.99. The number of aryl methyl sites for hydroxylation is 1. The first-order valence-corrected chi connectivity index (χ1v) is 9.80. The molecule has 0 unspecified atom stereocenters. The van der Waals surface area contributed by atoms with Crippen LogP contribution in [0, 0.1) is 6.92 Å². The summed E-state index contributed by atoms with van der Waals surface area (Å²) < 4.78 is 5.57. The fraction of sp³-hybridized carbons (Fsp3) is 0.115. The molecule has 1 aromatic heterocycles. The molecule has 0 aliphatic rings. The van der Waals surface area contributed by atoms with E-state index in [2.05, 4.69) is 4.98 Å². The maximum Gasteiger partial charge on any atom is 0.339 e. The number of benzene rings is 3. The molecule has 3 aromatic carbocycles. The van der Waals surface area contributed by atoms with Gasteiger partial charge in [0.05, 0.1) is 16.8 Å². The summed E-state index contributed by atoms with van der Waals surface area (Å²) in [5.41, 5.74) is 4.25. The van der Waals surface area contributed by atoms with Gasteiger partial charge >= 0.3 is 5.97 Å². The quantitative estimate of drug-likeness (QED) is 0.324. The lowest BCUT2D eigenvalue weighted by atomic mass is 10.0. The van der Waals surface area contributed by atoms with E-state index in [1.54, 1.807) is 25.1 Å². The molecule has 0 bridgehead atoms. The fourth-order valence-corrected chi connectivity index (χ4v) is 3.33. The average Bonchev–Trinajstić information content (AvgIpc) is 2.78. The van der Waals surface area contributed by atoms with E-state index in [9.17, 15) is 9.59 Å². The van der Waals surface area contributed by atoms with E-state index < -0.39 is 12.1 Å². The van der Waals surface area contributed by atoms with Crippen molar-refractivity contribution in [2.75, 3.05) is 0 Å². The summed E-state index contributed by atoms with van der Waals surface area (Å²) in [5, 5.41) is 0.692. The van der Waals surface area contributed by atoms with Crippen molar-refractivity contribution in [3.05, 3.63) is 102 Å². The van der Waals surface area contributed by atoms with Crippen LogP contribution in [0.15, 0.2) is 84.9 Å². The SMILES string of the molecule is Cc1ccc(C(=O)[C@H](C)OC(=O)c2cc(-c3ccccc3)nc3ccccc23)cc1. The minimum atomic E-state index is -0.896. The predicted octanol–water partition coefficient (Wildman–Crippen LogP) is 5.64. The second-order valence-corrected chi connectivity index (χ2v) is 7.22. The molecule has 4 nitrogen and oxygen atoms in total. The van der Waals surface area contributed by atoms with Crippen molar-refractivity contribution in [2.45, 2.75) is 20.0 Å². The molecule has 0 N–H and O–H groups in total. The molecule has 4 heteroatoms. The minimum absolute atomic E-state index is 0.231. The van der Waals surface area contributed by atoms with E-state index in [-0.39, 0.29) is 5.78 Å². The molecule has 0 amide bonds. The lowest BCUT2D eigenvalue weighted by Crippen LogP contribution is -2.24. The summed E-state index contributed by atoms with van der Waals surface area (Å²) in [4.78, 5) is 30.4. The zero-order valence-corrected chi connectivity index (χ0v) is 16.8. The van der Waals surface area contributed by atoms with Crippen LogP contribution < -0.4 is 0 Å². The van der Waals surface area contributed by atoms with Crippen LogP contribution in [0.1, 0.15) is 33.2 Å². The second-order valence-electron chi connectivity index (χ2n) is 7.22. The number of carbonyl (C=O) groups is 2. The zero-order valence-electron chi connectivity index (χ0n) is 16.8. The van der Waals surface area contributed by atoms with E-state index in [1.807, 2.05) is 73.7 Å². The Morgan fingerprint density at radius 2 is 1.53 bits per heavy atom. The Kier molecular flexibility index (Phi) is 5.40. The van der Waals surface area contributed by atoms with Crippen LogP contribution in [0.4, 0.5) is 0 Å². The molecule has 148 valence electrons. The van der Waals surface area contributed by atoms with Crippen LogP contribution in [0.25, 0.3) is 22.2 Å². The Bertz CT molecular complexity index is 1210. The van der Waals surface area contributed by atoms with Gasteiger partial charge in [0, 0.05) is 16.5 Å². The lowest BCUT2D eigenvalue weighted by molar-refractivity contribution is 0.0320. The fourth-order valence-electron chi connectivity index (χ4n) is 3.33. The van der Waals surface area contributed by atoms with Gasteiger partial charge in [0.25, 0.3) is 0 Å². The molecule has 0 aliphatic heterocycles. The van der Waals surface area contributed by atoms with Crippen molar-refractivity contribution in [1.82, 2.24) is 4.98 Å². The van der Waals surface area contributed by atoms with Crippen molar-refractivity contribution >= 4 is 22.7 Å². The highest BCUT2D eigenvalue weighted by atomic mass is 16.5. The highest BCUT2D eigenvalue weighted by molar-refractivity contribution is 6.06. The number of rotatable bonds is 5. The number of ether oxygens (including phenoxy) is 1. The maximum atomic E-state index is 13.0. The number of fused-ring (bicyclic) bond motifs is 1. The number of aromatic nitrogens is 1. The molecule has 4 rings (SSSR count). The van der Waals surface area contributed by atoms with E-state index in [4.69, 9.17) is 4.74 Å². The van der Waals surface area contributed by atoms with Crippen molar-refractivity contribution in [1.29, 1.82) is 0 Å². The number of nitrogens with zero attached hydrogens (tertiary/aromatic N) is 1. The molecule has 0 saturated carbocycles. The summed E-state index contributed by atoms with van der Waals surface area (Å²) in [6.07, 6.45) is -0.896. The molecule has 1 heterocycles. The molecule has 1 atom stereocenters. The topological polar surface area (TPSA) is 56.3 Å².